The van der Waals surface area contributed by atoms with Crippen LogP contribution in [0.2, 0.25) is 18.6 Å². The fraction of sp³-hybridized carbons (Fsp3) is 0.357. The quantitative estimate of drug-likeness (QED) is 0.458. The van der Waals surface area contributed by atoms with Gasteiger partial charge in [-0.25, -0.2) is 0 Å². The Morgan fingerprint density at radius 2 is 1.28 bits per heavy atom. The molecule has 0 fully saturated rings. The molecule has 150 valence electrons. The molecule has 0 spiro atoms. The standard InChI is InChI=1S/C28H34Si/c1-17-14-25-24(23-12-10-9-11-13-23)16-27(26(25)15-18(17)2)29(7,8)28-21(5)19(3)20(4)22(28)6/h9-16,27-28H,1-8H3. The Morgan fingerprint density at radius 3 is 1.86 bits per heavy atom. The van der Waals surface area contributed by atoms with Crippen molar-refractivity contribution in [3.8, 4) is 0 Å². The highest BCUT2D eigenvalue weighted by Gasteiger charge is 2.46. The molecule has 4 rings (SSSR count). The summed E-state index contributed by atoms with van der Waals surface area (Å²) >= 11 is 0. The second-order valence-electron chi connectivity index (χ2n) is 9.82. The molecule has 0 bridgehead atoms. The number of hydrogen-bond acceptors (Lipinski definition) is 0. The first-order chi connectivity index (χ1) is 13.6. The van der Waals surface area contributed by atoms with Gasteiger partial charge < -0.3 is 0 Å². The largest absolute Gasteiger partial charge is 0.0714 e. The summed E-state index contributed by atoms with van der Waals surface area (Å²) in [5.74, 6) is 0. The van der Waals surface area contributed by atoms with Crippen molar-refractivity contribution in [1.82, 2.24) is 0 Å². The van der Waals surface area contributed by atoms with E-state index < -0.39 is 8.07 Å². The predicted molar refractivity (Wildman–Crippen MR) is 130 cm³/mol. The number of hydrogen-bond donors (Lipinski definition) is 0. The number of fused-ring (bicyclic) bond motifs is 1. The first kappa shape index (κ1) is 20.2. The number of benzene rings is 2. The van der Waals surface area contributed by atoms with Crippen LogP contribution in [-0.4, -0.2) is 8.07 Å². The van der Waals surface area contributed by atoms with Gasteiger partial charge in [0, 0.05) is 0 Å². The van der Waals surface area contributed by atoms with Gasteiger partial charge in [-0.15, -0.1) is 0 Å². The van der Waals surface area contributed by atoms with Crippen LogP contribution in [0.15, 0.2) is 70.8 Å². The van der Waals surface area contributed by atoms with E-state index in [4.69, 9.17) is 0 Å². The Bertz CT molecular complexity index is 1050. The Morgan fingerprint density at radius 1 is 0.724 bits per heavy atom. The van der Waals surface area contributed by atoms with Crippen molar-refractivity contribution < 1.29 is 0 Å². The van der Waals surface area contributed by atoms with Gasteiger partial charge in [0.2, 0.25) is 0 Å². The van der Waals surface area contributed by atoms with E-state index in [1.165, 1.54) is 39.0 Å². The molecule has 1 unspecified atom stereocenters. The smallest absolute Gasteiger partial charge is 0.0712 e. The van der Waals surface area contributed by atoms with Crippen LogP contribution in [0.4, 0.5) is 0 Å². The van der Waals surface area contributed by atoms with E-state index in [0.717, 1.165) is 0 Å². The van der Waals surface area contributed by atoms with E-state index in [-0.39, 0.29) is 0 Å². The molecule has 0 saturated carbocycles. The summed E-state index contributed by atoms with van der Waals surface area (Å²) in [6.45, 7) is 19.1. The molecule has 0 radical (unpaired) electrons. The minimum Gasteiger partial charge on any atom is -0.0712 e. The molecule has 0 amide bonds. The van der Waals surface area contributed by atoms with Crippen molar-refractivity contribution in [3.63, 3.8) is 0 Å². The second kappa shape index (κ2) is 6.99. The summed E-state index contributed by atoms with van der Waals surface area (Å²) in [7, 11) is -1.71. The molecule has 1 atom stereocenters. The van der Waals surface area contributed by atoms with E-state index in [0.29, 0.717) is 11.1 Å². The highest BCUT2D eigenvalue weighted by atomic mass is 28.3. The molecule has 2 aliphatic rings. The SMILES string of the molecule is CC1=C(C)C([Si](C)(C)C2C=C(c3ccccc3)c3cc(C)c(C)cc32)C(C)=C1C. The molecule has 29 heavy (non-hydrogen) atoms. The molecule has 0 aromatic heterocycles. The van der Waals surface area contributed by atoms with Crippen molar-refractivity contribution in [2.24, 2.45) is 0 Å². The zero-order chi connectivity index (χ0) is 21.1. The van der Waals surface area contributed by atoms with Gasteiger partial charge in [-0.05, 0) is 97.2 Å². The van der Waals surface area contributed by atoms with Crippen LogP contribution in [0, 0.1) is 13.8 Å². The first-order valence-corrected chi connectivity index (χ1v) is 14.0. The van der Waals surface area contributed by atoms with Crippen molar-refractivity contribution in [3.05, 3.63) is 98.7 Å². The Hall–Kier alpha value is -2.12. The number of rotatable bonds is 3. The minimum absolute atomic E-state index is 0.542. The summed E-state index contributed by atoms with van der Waals surface area (Å²) in [6, 6.07) is 15.9. The van der Waals surface area contributed by atoms with Gasteiger partial charge in [-0.2, -0.15) is 0 Å². The van der Waals surface area contributed by atoms with E-state index in [9.17, 15) is 0 Å². The van der Waals surface area contributed by atoms with Crippen LogP contribution in [0.25, 0.3) is 5.57 Å². The summed E-state index contributed by atoms with van der Waals surface area (Å²) < 4.78 is 0. The normalized spacial score (nSPS) is 19.9. The lowest BCUT2D eigenvalue weighted by Gasteiger charge is -2.38. The Labute approximate surface area is 178 Å². The Kier molecular flexibility index (Phi) is 4.86. The average Bonchev–Trinajstić information content (AvgIpc) is 3.15. The fourth-order valence-electron chi connectivity index (χ4n) is 5.81. The van der Waals surface area contributed by atoms with E-state index in [2.05, 4.69) is 103 Å². The predicted octanol–water partition coefficient (Wildman–Crippen LogP) is 8.14. The molecule has 2 aliphatic carbocycles. The summed E-state index contributed by atoms with van der Waals surface area (Å²) in [5.41, 5.74) is 16.1. The number of allylic oxidation sites excluding steroid dienone is 5. The lowest BCUT2D eigenvalue weighted by atomic mass is 9.95. The molecular weight excluding hydrogens is 364 g/mol. The second-order valence-corrected chi connectivity index (χ2v) is 14.7. The Balaban J connectivity index is 1.91. The summed E-state index contributed by atoms with van der Waals surface area (Å²) in [6.07, 6.45) is 2.62. The third-order valence-electron chi connectivity index (χ3n) is 7.87. The van der Waals surface area contributed by atoms with Crippen LogP contribution in [0.1, 0.15) is 61.1 Å². The van der Waals surface area contributed by atoms with Crippen LogP contribution in [0.5, 0.6) is 0 Å². The highest BCUT2D eigenvalue weighted by Crippen LogP contribution is 2.54. The summed E-state index contributed by atoms with van der Waals surface area (Å²) in [4.78, 5) is 0. The molecule has 0 N–H and O–H groups in total. The topological polar surface area (TPSA) is 0 Å². The van der Waals surface area contributed by atoms with Gasteiger partial charge in [0.15, 0.2) is 0 Å². The zero-order valence-corrected chi connectivity index (χ0v) is 20.3. The van der Waals surface area contributed by atoms with Crippen molar-refractivity contribution in [1.29, 1.82) is 0 Å². The van der Waals surface area contributed by atoms with Crippen molar-refractivity contribution >= 4 is 13.6 Å². The molecule has 1 heteroatoms. The molecule has 2 aromatic carbocycles. The maximum atomic E-state index is 2.62. The van der Waals surface area contributed by atoms with Crippen LogP contribution in [-0.2, 0) is 0 Å². The molecule has 0 heterocycles. The lowest BCUT2D eigenvalue weighted by molar-refractivity contribution is 1.000. The first-order valence-electron chi connectivity index (χ1n) is 10.9. The summed E-state index contributed by atoms with van der Waals surface area (Å²) in [5, 5.41) is 0. The lowest BCUT2D eigenvalue weighted by Crippen LogP contribution is -2.39. The van der Waals surface area contributed by atoms with Gasteiger partial charge >= 0.3 is 0 Å². The van der Waals surface area contributed by atoms with Gasteiger partial charge in [0.05, 0.1) is 8.07 Å². The zero-order valence-electron chi connectivity index (χ0n) is 19.3. The minimum atomic E-state index is -1.71. The van der Waals surface area contributed by atoms with Gasteiger partial charge in [-0.1, -0.05) is 72.8 Å². The molecule has 2 aromatic rings. The number of aryl methyl sites for hydroxylation is 2. The monoisotopic (exact) mass is 398 g/mol. The third-order valence-corrected chi connectivity index (χ3v) is 12.3. The maximum absolute atomic E-state index is 2.62. The van der Waals surface area contributed by atoms with Crippen molar-refractivity contribution in [2.75, 3.05) is 0 Å². The van der Waals surface area contributed by atoms with Gasteiger partial charge in [0.25, 0.3) is 0 Å². The average molecular weight is 399 g/mol. The van der Waals surface area contributed by atoms with Crippen LogP contribution < -0.4 is 0 Å². The van der Waals surface area contributed by atoms with Gasteiger partial charge in [-0.3, -0.25) is 0 Å². The molecule has 0 nitrogen and oxygen atoms in total. The third kappa shape index (κ3) is 3.02. The van der Waals surface area contributed by atoms with Gasteiger partial charge in [0.1, 0.15) is 0 Å². The van der Waals surface area contributed by atoms with E-state index >= 15 is 0 Å². The van der Waals surface area contributed by atoms with Crippen molar-refractivity contribution in [2.45, 2.75) is 65.7 Å². The molecule has 0 saturated heterocycles. The van der Waals surface area contributed by atoms with Crippen LogP contribution in [0.3, 0.4) is 0 Å². The van der Waals surface area contributed by atoms with Crippen LogP contribution >= 0.6 is 0 Å². The molecule has 0 aliphatic heterocycles. The molecular formula is C28H34Si. The van der Waals surface area contributed by atoms with E-state index in [1.807, 2.05) is 0 Å². The van der Waals surface area contributed by atoms with E-state index in [1.54, 1.807) is 16.7 Å². The maximum Gasteiger partial charge on any atom is 0.0714 e. The fourth-order valence-corrected chi connectivity index (χ4v) is 10.5. The highest BCUT2D eigenvalue weighted by molar-refractivity contribution is 6.82.